The Hall–Kier alpha value is -3.02. The average molecular weight is 387 g/mol. The van der Waals surface area contributed by atoms with E-state index in [0.29, 0.717) is 29.8 Å². The molecule has 0 unspecified atom stereocenters. The van der Waals surface area contributed by atoms with Gasteiger partial charge in [0.05, 0.1) is 19.8 Å². The molecule has 3 rings (SSSR count). The highest BCUT2D eigenvalue weighted by Gasteiger charge is 2.31. The quantitative estimate of drug-likeness (QED) is 0.575. The Kier molecular flexibility index (Phi) is 5.87. The molecule has 0 aliphatic carbocycles. The molecule has 1 heterocycles. The summed E-state index contributed by atoms with van der Waals surface area (Å²) in [5.41, 5.74) is 2.27. The Morgan fingerprint density at radius 2 is 1.29 bits per heavy atom. The fourth-order valence-corrected chi connectivity index (χ4v) is 2.91. The SMILES string of the molecule is COc1ccc(Cc2cc(C(F)(F)F)cnc2Cc2ccc(OC)cc2)cc1. The maximum Gasteiger partial charge on any atom is 0.417 e. The smallest absolute Gasteiger partial charge is 0.417 e. The number of hydrogen-bond donors (Lipinski definition) is 0. The fraction of sp³-hybridized carbons (Fsp3) is 0.227. The molecule has 0 N–H and O–H groups in total. The second-order valence-electron chi connectivity index (χ2n) is 6.38. The van der Waals surface area contributed by atoms with E-state index < -0.39 is 11.7 Å². The minimum atomic E-state index is -4.43. The molecule has 3 nitrogen and oxygen atoms in total. The average Bonchev–Trinajstić information content (AvgIpc) is 2.69. The molecule has 146 valence electrons. The Balaban J connectivity index is 1.92. The molecule has 0 saturated heterocycles. The lowest BCUT2D eigenvalue weighted by Gasteiger charge is -2.14. The summed E-state index contributed by atoms with van der Waals surface area (Å²) in [7, 11) is 3.15. The van der Waals surface area contributed by atoms with E-state index in [1.165, 1.54) is 6.07 Å². The van der Waals surface area contributed by atoms with E-state index in [1.807, 2.05) is 36.4 Å². The summed E-state index contributed by atoms with van der Waals surface area (Å²) in [4.78, 5) is 4.14. The highest BCUT2D eigenvalue weighted by Crippen LogP contribution is 2.31. The molecule has 0 radical (unpaired) electrons. The zero-order valence-electron chi connectivity index (χ0n) is 15.6. The molecule has 1 aromatic heterocycles. The minimum Gasteiger partial charge on any atom is -0.497 e. The molecular weight excluding hydrogens is 367 g/mol. The minimum absolute atomic E-state index is 0.354. The van der Waals surface area contributed by atoms with E-state index in [1.54, 1.807) is 26.4 Å². The zero-order chi connectivity index (χ0) is 20.1. The summed E-state index contributed by atoms with van der Waals surface area (Å²) in [6.45, 7) is 0. The molecule has 0 fully saturated rings. The normalized spacial score (nSPS) is 11.3. The molecule has 0 amide bonds. The van der Waals surface area contributed by atoms with E-state index in [-0.39, 0.29) is 0 Å². The van der Waals surface area contributed by atoms with Crippen molar-refractivity contribution in [2.24, 2.45) is 0 Å². The van der Waals surface area contributed by atoms with Crippen molar-refractivity contribution in [2.45, 2.75) is 19.0 Å². The van der Waals surface area contributed by atoms with Crippen LogP contribution in [0, 0.1) is 0 Å². The van der Waals surface area contributed by atoms with Crippen LogP contribution in [0.1, 0.15) is 27.9 Å². The van der Waals surface area contributed by atoms with Crippen LogP contribution < -0.4 is 9.47 Å². The predicted molar refractivity (Wildman–Crippen MR) is 101 cm³/mol. The van der Waals surface area contributed by atoms with Crippen LogP contribution in [0.4, 0.5) is 13.2 Å². The first kappa shape index (κ1) is 19.7. The first-order valence-corrected chi connectivity index (χ1v) is 8.70. The number of benzene rings is 2. The number of ether oxygens (including phenoxy) is 2. The van der Waals surface area contributed by atoms with Crippen molar-refractivity contribution in [3.63, 3.8) is 0 Å². The van der Waals surface area contributed by atoms with Crippen molar-refractivity contribution in [3.05, 3.63) is 88.7 Å². The third-order valence-corrected chi connectivity index (χ3v) is 4.47. The number of methoxy groups -OCH3 is 2. The summed E-state index contributed by atoms with van der Waals surface area (Å²) >= 11 is 0. The van der Waals surface area contributed by atoms with Gasteiger partial charge in [0.2, 0.25) is 0 Å². The van der Waals surface area contributed by atoms with Gasteiger partial charge in [-0.1, -0.05) is 24.3 Å². The van der Waals surface area contributed by atoms with E-state index in [9.17, 15) is 13.2 Å². The largest absolute Gasteiger partial charge is 0.497 e. The Labute approximate surface area is 161 Å². The Morgan fingerprint density at radius 3 is 1.75 bits per heavy atom. The van der Waals surface area contributed by atoms with Crippen molar-refractivity contribution in [1.82, 2.24) is 4.98 Å². The van der Waals surface area contributed by atoms with Crippen LogP contribution in [0.15, 0.2) is 60.8 Å². The second kappa shape index (κ2) is 8.33. The second-order valence-corrected chi connectivity index (χ2v) is 6.38. The van der Waals surface area contributed by atoms with Crippen LogP contribution in [0.5, 0.6) is 11.5 Å². The molecule has 0 atom stereocenters. The molecule has 6 heteroatoms. The highest BCUT2D eigenvalue weighted by molar-refractivity contribution is 5.38. The van der Waals surface area contributed by atoms with Crippen molar-refractivity contribution in [2.75, 3.05) is 14.2 Å². The van der Waals surface area contributed by atoms with Crippen LogP contribution in [-0.4, -0.2) is 19.2 Å². The number of rotatable bonds is 6. The third kappa shape index (κ3) is 4.82. The van der Waals surface area contributed by atoms with Crippen molar-refractivity contribution >= 4 is 0 Å². The van der Waals surface area contributed by atoms with Crippen molar-refractivity contribution in [1.29, 1.82) is 0 Å². The molecule has 28 heavy (non-hydrogen) atoms. The van der Waals surface area contributed by atoms with Gasteiger partial charge in [0.1, 0.15) is 11.5 Å². The van der Waals surface area contributed by atoms with Gasteiger partial charge in [0, 0.05) is 18.3 Å². The molecule has 0 bridgehead atoms. The first-order valence-electron chi connectivity index (χ1n) is 8.70. The van der Waals surface area contributed by atoms with E-state index in [0.717, 1.165) is 23.1 Å². The van der Waals surface area contributed by atoms with Gasteiger partial charge in [-0.15, -0.1) is 0 Å². The van der Waals surface area contributed by atoms with Crippen molar-refractivity contribution in [3.8, 4) is 11.5 Å². The number of alkyl halides is 3. The zero-order valence-corrected chi connectivity index (χ0v) is 15.6. The summed E-state index contributed by atoms with van der Waals surface area (Å²) < 4.78 is 49.8. The van der Waals surface area contributed by atoms with Gasteiger partial charge in [-0.05, 0) is 53.4 Å². The Morgan fingerprint density at radius 1 is 0.786 bits per heavy atom. The Bertz CT molecular complexity index is 920. The first-order chi connectivity index (χ1) is 13.4. The molecule has 0 spiro atoms. The molecule has 0 aliphatic heterocycles. The van der Waals surface area contributed by atoms with Gasteiger partial charge in [0.25, 0.3) is 0 Å². The maximum absolute atomic E-state index is 13.2. The van der Waals surface area contributed by atoms with Crippen LogP contribution in [0.2, 0.25) is 0 Å². The van der Waals surface area contributed by atoms with Crippen LogP contribution in [-0.2, 0) is 19.0 Å². The topological polar surface area (TPSA) is 31.4 Å². The molecule has 0 saturated carbocycles. The van der Waals surface area contributed by atoms with Crippen LogP contribution in [0.25, 0.3) is 0 Å². The maximum atomic E-state index is 13.2. The van der Waals surface area contributed by atoms with Gasteiger partial charge in [-0.2, -0.15) is 13.2 Å². The van der Waals surface area contributed by atoms with Crippen LogP contribution >= 0.6 is 0 Å². The van der Waals surface area contributed by atoms with Crippen LogP contribution in [0.3, 0.4) is 0 Å². The van der Waals surface area contributed by atoms with Gasteiger partial charge < -0.3 is 9.47 Å². The number of nitrogens with zero attached hydrogens (tertiary/aromatic N) is 1. The number of halogens is 3. The number of aromatic nitrogens is 1. The van der Waals surface area contributed by atoms with Gasteiger partial charge >= 0.3 is 6.18 Å². The lowest BCUT2D eigenvalue weighted by molar-refractivity contribution is -0.137. The summed E-state index contributed by atoms with van der Waals surface area (Å²) in [6, 6.07) is 15.9. The molecule has 2 aromatic carbocycles. The standard InChI is InChI=1S/C22H20F3NO2/c1-27-19-7-3-15(4-8-19)11-17-13-18(22(23,24)25)14-26-21(17)12-16-5-9-20(28-2)10-6-16/h3-10,13-14H,11-12H2,1-2H3. The summed E-state index contributed by atoms with van der Waals surface area (Å²) in [5.74, 6) is 1.42. The van der Waals surface area contributed by atoms with E-state index >= 15 is 0 Å². The fourth-order valence-electron chi connectivity index (χ4n) is 2.91. The predicted octanol–water partition coefficient (Wildman–Crippen LogP) is 5.30. The van der Waals surface area contributed by atoms with E-state index in [2.05, 4.69) is 4.98 Å². The third-order valence-electron chi connectivity index (χ3n) is 4.47. The summed E-state index contributed by atoms with van der Waals surface area (Å²) in [5, 5.41) is 0. The molecular formula is C22H20F3NO2. The lowest BCUT2D eigenvalue weighted by Crippen LogP contribution is -2.09. The number of hydrogen-bond acceptors (Lipinski definition) is 3. The van der Waals surface area contributed by atoms with Crippen molar-refractivity contribution < 1.29 is 22.6 Å². The van der Waals surface area contributed by atoms with E-state index in [4.69, 9.17) is 9.47 Å². The molecule has 0 aliphatic rings. The lowest BCUT2D eigenvalue weighted by atomic mass is 9.98. The number of pyridine rings is 1. The summed E-state index contributed by atoms with van der Waals surface area (Å²) in [6.07, 6.45) is -2.74. The van der Waals surface area contributed by atoms with Gasteiger partial charge in [-0.25, -0.2) is 0 Å². The molecule has 3 aromatic rings. The monoisotopic (exact) mass is 387 g/mol. The van der Waals surface area contributed by atoms with Gasteiger partial charge in [0.15, 0.2) is 0 Å². The van der Waals surface area contributed by atoms with Gasteiger partial charge in [-0.3, -0.25) is 4.98 Å². The highest BCUT2D eigenvalue weighted by atomic mass is 19.4.